The lowest BCUT2D eigenvalue weighted by molar-refractivity contribution is -0.143. The molecule has 12 heteroatoms. The minimum absolute atomic E-state index is 0.00400. The standard InChI is InChI=1S/C35H63N7O5/c1-9-12-30(40(7)35(46)33(23(2)3)37-24(4)5)31(47-8)22-32(44)41-19-11-13-26(41)21-25(6)34(45)36-18-20-42-29-15-10-14-27(43)16-17-28(29)38-39-42/h23-27,30-31,33,37,43H,9-22H2,1-8H3,(H,36,45). The van der Waals surface area contributed by atoms with Gasteiger partial charge in [0, 0.05) is 45.2 Å². The van der Waals surface area contributed by atoms with Crippen LogP contribution in [-0.2, 0) is 38.5 Å². The van der Waals surface area contributed by atoms with Gasteiger partial charge in [0.2, 0.25) is 17.7 Å². The van der Waals surface area contributed by atoms with Gasteiger partial charge in [-0.05, 0) is 63.7 Å². The van der Waals surface area contributed by atoms with Gasteiger partial charge in [-0.3, -0.25) is 14.4 Å². The van der Waals surface area contributed by atoms with E-state index in [9.17, 15) is 19.5 Å². The van der Waals surface area contributed by atoms with Crippen molar-refractivity contribution in [2.24, 2.45) is 11.8 Å². The minimum Gasteiger partial charge on any atom is -0.393 e. The van der Waals surface area contributed by atoms with E-state index in [-0.39, 0.29) is 66.2 Å². The molecule has 6 unspecified atom stereocenters. The number of amides is 3. The molecule has 1 aromatic heterocycles. The van der Waals surface area contributed by atoms with Crippen LogP contribution < -0.4 is 10.6 Å². The van der Waals surface area contributed by atoms with E-state index in [0.29, 0.717) is 32.5 Å². The van der Waals surface area contributed by atoms with E-state index in [4.69, 9.17) is 4.74 Å². The average Bonchev–Trinajstić information content (AvgIpc) is 3.64. The lowest BCUT2D eigenvalue weighted by atomic mass is 9.96. The van der Waals surface area contributed by atoms with Crippen molar-refractivity contribution in [1.29, 1.82) is 0 Å². The maximum atomic E-state index is 13.7. The fraction of sp³-hybridized carbons (Fsp3) is 0.857. The Morgan fingerprint density at radius 3 is 2.49 bits per heavy atom. The third-order valence-corrected chi connectivity index (χ3v) is 9.96. The molecule has 0 radical (unpaired) electrons. The SMILES string of the molecule is CCCC(C(CC(=O)N1CCCC1CC(C)C(=O)NCCn1nnc2c1CCCC(O)CC2)OC)N(C)C(=O)C(NC(C)C)C(C)C. The molecule has 2 heterocycles. The van der Waals surface area contributed by atoms with Gasteiger partial charge in [0.1, 0.15) is 0 Å². The molecule has 3 amide bonds. The molecule has 6 atom stereocenters. The molecule has 268 valence electrons. The van der Waals surface area contributed by atoms with Crippen LogP contribution in [0.5, 0.6) is 0 Å². The molecule has 3 rings (SSSR count). The molecule has 12 nitrogen and oxygen atoms in total. The summed E-state index contributed by atoms with van der Waals surface area (Å²) in [6.07, 6.45) is 7.43. The van der Waals surface area contributed by atoms with Gasteiger partial charge in [0.25, 0.3) is 0 Å². The molecule has 0 bridgehead atoms. The van der Waals surface area contributed by atoms with E-state index in [2.05, 4.69) is 27.9 Å². The third kappa shape index (κ3) is 11.0. The number of aromatic nitrogens is 3. The van der Waals surface area contributed by atoms with Crippen molar-refractivity contribution >= 4 is 17.7 Å². The maximum Gasteiger partial charge on any atom is 0.240 e. The predicted molar refractivity (Wildman–Crippen MR) is 183 cm³/mol. The van der Waals surface area contributed by atoms with E-state index >= 15 is 0 Å². The van der Waals surface area contributed by atoms with Crippen LogP contribution in [0.2, 0.25) is 0 Å². The summed E-state index contributed by atoms with van der Waals surface area (Å²) in [6.45, 7) is 13.9. The topological polar surface area (TPSA) is 142 Å². The summed E-state index contributed by atoms with van der Waals surface area (Å²) in [5.41, 5.74) is 2.06. The number of hydrogen-bond acceptors (Lipinski definition) is 8. The molecule has 0 spiro atoms. The molecule has 47 heavy (non-hydrogen) atoms. The highest BCUT2D eigenvalue weighted by Gasteiger charge is 2.37. The number of aliphatic hydroxyl groups excluding tert-OH is 1. The zero-order chi connectivity index (χ0) is 34.7. The van der Waals surface area contributed by atoms with Crippen LogP contribution in [0.15, 0.2) is 0 Å². The molecule has 0 aromatic carbocycles. The summed E-state index contributed by atoms with van der Waals surface area (Å²) in [5, 5.41) is 25.1. The first-order valence-electron chi connectivity index (χ1n) is 18.1. The van der Waals surface area contributed by atoms with Gasteiger partial charge < -0.3 is 30.3 Å². The zero-order valence-corrected chi connectivity index (χ0v) is 30.3. The number of aliphatic hydroxyl groups is 1. The van der Waals surface area contributed by atoms with Gasteiger partial charge in [0.05, 0.1) is 48.6 Å². The minimum atomic E-state index is -0.425. The number of ether oxygens (including phenoxy) is 1. The van der Waals surface area contributed by atoms with E-state index in [0.717, 1.165) is 62.8 Å². The van der Waals surface area contributed by atoms with Crippen LogP contribution in [0.25, 0.3) is 0 Å². The quantitative estimate of drug-likeness (QED) is 0.231. The summed E-state index contributed by atoms with van der Waals surface area (Å²) >= 11 is 0. The molecule has 1 saturated heterocycles. The molecule has 1 aromatic rings. The number of methoxy groups -OCH3 is 1. The van der Waals surface area contributed by atoms with Crippen LogP contribution in [-0.4, -0.2) is 111 Å². The van der Waals surface area contributed by atoms with E-state index in [1.54, 1.807) is 12.0 Å². The van der Waals surface area contributed by atoms with Gasteiger partial charge in [0.15, 0.2) is 0 Å². The number of fused-ring (bicyclic) bond motifs is 1. The lowest BCUT2D eigenvalue weighted by Crippen LogP contribution is -2.55. The molecular formula is C35H63N7O5. The van der Waals surface area contributed by atoms with Crippen LogP contribution in [0, 0.1) is 11.8 Å². The maximum absolute atomic E-state index is 13.7. The van der Waals surface area contributed by atoms with Gasteiger partial charge >= 0.3 is 0 Å². The number of rotatable bonds is 17. The third-order valence-electron chi connectivity index (χ3n) is 9.96. The summed E-state index contributed by atoms with van der Waals surface area (Å²) in [5.74, 6) is -0.106. The Morgan fingerprint density at radius 1 is 1.09 bits per heavy atom. The average molecular weight is 662 g/mol. The van der Waals surface area contributed by atoms with Crippen molar-refractivity contribution in [1.82, 2.24) is 35.4 Å². The zero-order valence-electron chi connectivity index (χ0n) is 30.3. The van der Waals surface area contributed by atoms with Crippen molar-refractivity contribution in [3.05, 3.63) is 11.4 Å². The highest BCUT2D eigenvalue weighted by atomic mass is 16.5. The first kappa shape index (κ1) is 38.9. The molecule has 0 saturated carbocycles. The van der Waals surface area contributed by atoms with E-state index in [1.807, 2.05) is 51.2 Å². The molecule has 1 aliphatic carbocycles. The molecule has 3 N–H and O–H groups in total. The number of carbonyl (C=O) groups excluding carboxylic acids is 3. The Hall–Kier alpha value is -2.57. The van der Waals surface area contributed by atoms with Gasteiger partial charge in [-0.2, -0.15) is 0 Å². The van der Waals surface area contributed by atoms with Crippen LogP contribution in [0.4, 0.5) is 0 Å². The number of nitrogens with one attached hydrogen (secondary N) is 2. The van der Waals surface area contributed by atoms with E-state index in [1.165, 1.54) is 0 Å². The second-order valence-corrected chi connectivity index (χ2v) is 14.4. The fourth-order valence-electron chi connectivity index (χ4n) is 7.23. The van der Waals surface area contributed by atoms with E-state index < -0.39 is 6.10 Å². The molecule has 1 fully saturated rings. The largest absolute Gasteiger partial charge is 0.393 e. The molecular weight excluding hydrogens is 598 g/mol. The van der Waals surface area contributed by atoms with Gasteiger partial charge in [-0.1, -0.05) is 53.2 Å². The summed E-state index contributed by atoms with van der Waals surface area (Å²) < 4.78 is 7.81. The number of likely N-dealkylation sites (N-methyl/N-ethyl adjacent to an activating group) is 1. The molecule has 1 aliphatic heterocycles. The monoisotopic (exact) mass is 661 g/mol. The van der Waals surface area contributed by atoms with Crippen LogP contribution in [0.3, 0.4) is 0 Å². The first-order chi connectivity index (χ1) is 22.4. The number of likely N-dealkylation sites (tertiary alicyclic amines) is 1. The lowest BCUT2D eigenvalue weighted by Gasteiger charge is -2.38. The summed E-state index contributed by atoms with van der Waals surface area (Å²) in [7, 11) is 3.46. The van der Waals surface area contributed by atoms with Crippen molar-refractivity contribution in [3.8, 4) is 0 Å². The Bertz CT molecular complexity index is 1140. The number of carbonyl (C=O) groups is 3. The normalized spacial score (nSPS) is 21.1. The van der Waals surface area contributed by atoms with Crippen LogP contribution in [0.1, 0.15) is 111 Å². The van der Waals surface area contributed by atoms with Gasteiger partial charge in [-0.25, -0.2) is 4.68 Å². The highest BCUT2D eigenvalue weighted by Crippen LogP contribution is 2.27. The number of aryl methyl sites for hydroxylation is 1. The highest BCUT2D eigenvalue weighted by molar-refractivity contribution is 5.83. The molecule has 2 aliphatic rings. The Morgan fingerprint density at radius 2 is 1.83 bits per heavy atom. The Balaban J connectivity index is 1.55. The van der Waals surface area contributed by atoms with Crippen molar-refractivity contribution in [2.45, 2.75) is 155 Å². The Labute approximate surface area is 282 Å². The van der Waals surface area contributed by atoms with Crippen molar-refractivity contribution in [3.63, 3.8) is 0 Å². The fourth-order valence-corrected chi connectivity index (χ4v) is 7.23. The van der Waals surface area contributed by atoms with Gasteiger partial charge in [-0.15, -0.1) is 5.10 Å². The first-order valence-corrected chi connectivity index (χ1v) is 18.1. The van der Waals surface area contributed by atoms with Crippen LogP contribution >= 0.6 is 0 Å². The number of nitrogens with zero attached hydrogens (tertiary/aromatic N) is 5. The smallest absolute Gasteiger partial charge is 0.240 e. The predicted octanol–water partition coefficient (Wildman–Crippen LogP) is 3.10. The van der Waals surface area contributed by atoms with Crippen molar-refractivity contribution < 1.29 is 24.2 Å². The Kier molecular flexibility index (Phi) is 15.6. The number of hydrogen-bond donors (Lipinski definition) is 3. The summed E-state index contributed by atoms with van der Waals surface area (Å²) in [4.78, 5) is 44.2. The second kappa shape index (κ2) is 18.8. The van der Waals surface area contributed by atoms with Crippen molar-refractivity contribution in [2.75, 3.05) is 27.2 Å². The summed E-state index contributed by atoms with van der Waals surface area (Å²) in [6, 6.07) is -0.367. The second-order valence-electron chi connectivity index (χ2n) is 14.4.